The topological polar surface area (TPSA) is 52.7 Å². The van der Waals surface area contributed by atoms with E-state index in [1.165, 1.54) is 24.9 Å². The van der Waals surface area contributed by atoms with Crippen molar-refractivity contribution in [3.63, 3.8) is 0 Å². The summed E-state index contributed by atoms with van der Waals surface area (Å²) in [6.07, 6.45) is 5.38. The largest absolute Gasteiger partial charge is 0.372 e. The highest BCUT2D eigenvalue weighted by atomic mass is 16.2. The molecule has 1 N–H and O–H groups in total. The first-order chi connectivity index (χ1) is 14.2. The first kappa shape index (κ1) is 19.5. The molecule has 0 atom stereocenters. The van der Waals surface area contributed by atoms with Gasteiger partial charge in [0.1, 0.15) is 0 Å². The fourth-order valence-electron chi connectivity index (χ4n) is 4.23. The van der Waals surface area contributed by atoms with E-state index >= 15 is 0 Å². The highest BCUT2D eigenvalue weighted by Gasteiger charge is 2.25. The maximum atomic E-state index is 12.9. The Morgan fingerprint density at radius 1 is 0.759 bits per heavy atom. The number of nitrogens with one attached hydrogen (secondary N) is 1. The minimum Gasteiger partial charge on any atom is -0.372 e. The number of hydrogen-bond donors (Lipinski definition) is 1. The van der Waals surface area contributed by atoms with Gasteiger partial charge in [-0.1, -0.05) is 18.2 Å². The molecule has 152 valence electrons. The third kappa shape index (κ3) is 4.78. The molecular formula is C24H29N3O2. The summed E-state index contributed by atoms with van der Waals surface area (Å²) in [6, 6.07) is 17.5. The maximum absolute atomic E-state index is 12.9. The quantitative estimate of drug-likeness (QED) is 0.864. The van der Waals surface area contributed by atoms with Crippen LogP contribution in [-0.2, 0) is 0 Å². The van der Waals surface area contributed by atoms with Gasteiger partial charge in [0.05, 0.1) is 0 Å². The first-order valence-electron chi connectivity index (χ1n) is 10.7. The monoisotopic (exact) mass is 391 g/mol. The third-order valence-corrected chi connectivity index (χ3v) is 5.99. The van der Waals surface area contributed by atoms with Crippen LogP contribution in [0.5, 0.6) is 0 Å². The minimum atomic E-state index is -0.0383. The summed E-state index contributed by atoms with van der Waals surface area (Å²) in [4.78, 5) is 29.5. The second-order valence-electron chi connectivity index (χ2n) is 8.00. The lowest BCUT2D eigenvalue weighted by Gasteiger charge is -2.33. The molecule has 2 aromatic rings. The predicted octanol–water partition coefficient (Wildman–Crippen LogP) is 3.71. The molecule has 2 saturated heterocycles. The Morgan fingerprint density at radius 2 is 1.41 bits per heavy atom. The fraction of sp³-hybridized carbons (Fsp3) is 0.417. The molecule has 4 rings (SSSR count). The molecule has 2 amide bonds. The Bertz CT molecular complexity index is 821. The second kappa shape index (κ2) is 9.12. The van der Waals surface area contributed by atoms with Gasteiger partial charge in [0.2, 0.25) is 0 Å². The molecule has 2 aromatic carbocycles. The number of carbonyl (C=O) groups is 2. The molecular weight excluding hydrogens is 362 g/mol. The second-order valence-corrected chi connectivity index (χ2v) is 8.00. The van der Waals surface area contributed by atoms with Crippen LogP contribution < -0.4 is 10.2 Å². The SMILES string of the molecule is O=C(NC1CCN(C(=O)c2ccc(N3CCCCC3)cc2)CC1)c1ccccc1. The van der Waals surface area contributed by atoms with Gasteiger partial charge in [-0.25, -0.2) is 0 Å². The summed E-state index contributed by atoms with van der Waals surface area (Å²) in [5.74, 6) is 0.0479. The first-order valence-corrected chi connectivity index (χ1v) is 10.7. The van der Waals surface area contributed by atoms with E-state index in [1.807, 2.05) is 47.4 Å². The van der Waals surface area contributed by atoms with Gasteiger partial charge in [0.15, 0.2) is 0 Å². The van der Waals surface area contributed by atoms with Crippen LogP contribution in [0.25, 0.3) is 0 Å². The molecule has 2 aliphatic rings. The molecule has 2 fully saturated rings. The smallest absolute Gasteiger partial charge is 0.253 e. The molecule has 2 aliphatic heterocycles. The number of piperidine rings is 2. The van der Waals surface area contributed by atoms with E-state index in [1.54, 1.807) is 0 Å². The Morgan fingerprint density at radius 3 is 2.07 bits per heavy atom. The van der Waals surface area contributed by atoms with E-state index in [-0.39, 0.29) is 17.9 Å². The fourth-order valence-corrected chi connectivity index (χ4v) is 4.23. The van der Waals surface area contributed by atoms with Crippen LogP contribution in [0, 0.1) is 0 Å². The molecule has 0 aliphatic carbocycles. The highest BCUT2D eigenvalue weighted by molar-refractivity contribution is 5.95. The number of anilines is 1. The zero-order valence-corrected chi connectivity index (χ0v) is 16.8. The molecule has 5 nitrogen and oxygen atoms in total. The Labute approximate surface area is 172 Å². The Hall–Kier alpha value is -2.82. The van der Waals surface area contributed by atoms with Crippen molar-refractivity contribution >= 4 is 17.5 Å². The average molecular weight is 392 g/mol. The summed E-state index contributed by atoms with van der Waals surface area (Å²) in [6.45, 7) is 3.56. The van der Waals surface area contributed by atoms with E-state index < -0.39 is 0 Å². The molecule has 2 heterocycles. The molecule has 5 heteroatoms. The summed E-state index contributed by atoms with van der Waals surface area (Å²) in [5.41, 5.74) is 2.64. The summed E-state index contributed by atoms with van der Waals surface area (Å²) >= 11 is 0. The minimum absolute atomic E-state index is 0.0383. The van der Waals surface area contributed by atoms with Crippen LogP contribution in [0.4, 0.5) is 5.69 Å². The van der Waals surface area contributed by atoms with Crippen molar-refractivity contribution < 1.29 is 9.59 Å². The van der Waals surface area contributed by atoms with Crippen molar-refractivity contribution in [2.24, 2.45) is 0 Å². The number of amides is 2. The molecule has 0 unspecified atom stereocenters. The highest BCUT2D eigenvalue weighted by Crippen LogP contribution is 2.21. The van der Waals surface area contributed by atoms with Gasteiger partial charge in [-0.15, -0.1) is 0 Å². The van der Waals surface area contributed by atoms with Crippen molar-refractivity contribution in [3.05, 3.63) is 65.7 Å². The van der Waals surface area contributed by atoms with E-state index in [4.69, 9.17) is 0 Å². The van der Waals surface area contributed by atoms with Crippen LogP contribution in [0.3, 0.4) is 0 Å². The van der Waals surface area contributed by atoms with Gasteiger partial charge in [-0.05, 0) is 68.5 Å². The van der Waals surface area contributed by atoms with E-state index in [0.29, 0.717) is 18.7 Å². The van der Waals surface area contributed by atoms with Gasteiger partial charge in [-0.3, -0.25) is 9.59 Å². The van der Waals surface area contributed by atoms with Gasteiger partial charge >= 0.3 is 0 Å². The lowest BCUT2D eigenvalue weighted by Crippen LogP contribution is -2.46. The predicted molar refractivity (Wildman–Crippen MR) is 115 cm³/mol. The number of carbonyl (C=O) groups excluding carboxylic acids is 2. The zero-order chi connectivity index (χ0) is 20.1. The van der Waals surface area contributed by atoms with Crippen LogP contribution in [0.15, 0.2) is 54.6 Å². The molecule has 0 spiro atoms. The summed E-state index contributed by atoms with van der Waals surface area (Å²) in [7, 11) is 0. The molecule has 0 saturated carbocycles. The number of likely N-dealkylation sites (tertiary alicyclic amines) is 1. The lowest BCUT2D eigenvalue weighted by atomic mass is 10.0. The normalized spacial score (nSPS) is 17.8. The van der Waals surface area contributed by atoms with Crippen LogP contribution in [0.2, 0.25) is 0 Å². The number of hydrogen-bond acceptors (Lipinski definition) is 3. The van der Waals surface area contributed by atoms with E-state index in [2.05, 4.69) is 22.3 Å². The molecule has 29 heavy (non-hydrogen) atoms. The molecule has 0 radical (unpaired) electrons. The molecule has 0 bridgehead atoms. The molecule has 0 aromatic heterocycles. The van der Waals surface area contributed by atoms with Crippen molar-refractivity contribution in [1.82, 2.24) is 10.2 Å². The third-order valence-electron chi connectivity index (χ3n) is 5.99. The number of nitrogens with zero attached hydrogens (tertiary/aromatic N) is 2. The van der Waals surface area contributed by atoms with Crippen LogP contribution >= 0.6 is 0 Å². The number of rotatable bonds is 4. The van der Waals surface area contributed by atoms with E-state index in [9.17, 15) is 9.59 Å². The summed E-state index contributed by atoms with van der Waals surface area (Å²) < 4.78 is 0. The van der Waals surface area contributed by atoms with Crippen molar-refractivity contribution in [3.8, 4) is 0 Å². The standard InChI is InChI=1S/C24H29N3O2/c28-23(19-7-3-1-4-8-19)25-21-13-17-27(18-14-21)24(29)20-9-11-22(12-10-20)26-15-5-2-6-16-26/h1,3-4,7-12,21H,2,5-6,13-18H2,(H,25,28). The van der Waals surface area contributed by atoms with Gasteiger partial charge < -0.3 is 15.1 Å². The lowest BCUT2D eigenvalue weighted by molar-refractivity contribution is 0.0698. The summed E-state index contributed by atoms with van der Waals surface area (Å²) in [5, 5.41) is 3.10. The van der Waals surface area contributed by atoms with E-state index in [0.717, 1.165) is 31.5 Å². The van der Waals surface area contributed by atoms with Gasteiger partial charge in [0, 0.05) is 49.0 Å². The van der Waals surface area contributed by atoms with Crippen LogP contribution in [-0.4, -0.2) is 48.9 Å². The van der Waals surface area contributed by atoms with Gasteiger partial charge in [-0.2, -0.15) is 0 Å². The van der Waals surface area contributed by atoms with Crippen molar-refractivity contribution in [1.29, 1.82) is 0 Å². The van der Waals surface area contributed by atoms with Crippen LogP contribution in [0.1, 0.15) is 52.8 Å². The Balaban J connectivity index is 1.29. The van der Waals surface area contributed by atoms with Crippen molar-refractivity contribution in [2.45, 2.75) is 38.1 Å². The average Bonchev–Trinajstić information content (AvgIpc) is 2.80. The Kier molecular flexibility index (Phi) is 6.13. The zero-order valence-electron chi connectivity index (χ0n) is 16.8. The van der Waals surface area contributed by atoms with Crippen molar-refractivity contribution in [2.75, 3.05) is 31.1 Å². The number of benzene rings is 2. The maximum Gasteiger partial charge on any atom is 0.253 e. The van der Waals surface area contributed by atoms with Gasteiger partial charge in [0.25, 0.3) is 11.8 Å².